The maximum Gasteiger partial charge on any atom is 0.417 e. The molecule has 3 rings (SSSR count). The number of amides is 1. The molecule has 30 heavy (non-hydrogen) atoms. The van der Waals surface area contributed by atoms with Gasteiger partial charge in [-0.25, -0.2) is 13.4 Å². The summed E-state index contributed by atoms with van der Waals surface area (Å²) in [6, 6.07) is 7.57. The van der Waals surface area contributed by atoms with Crippen molar-refractivity contribution in [2.45, 2.75) is 18.0 Å². The topological polar surface area (TPSA) is 81.1 Å². The number of nitrogens with one attached hydrogen (secondary N) is 1. The Balaban J connectivity index is 1.87. The molecular formula is C19H15ClF3N3O3S. The highest BCUT2D eigenvalue weighted by molar-refractivity contribution is 7.90. The molecule has 1 aromatic carbocycles. The molecule has 6 nitrogen and oxygen atoms in total. The van der Waals surface area contributed by atoms with Crippen LogP contribution in [0, 0.1) is 6.92 Å². The Kier molecular flexibility index (Phi) is 5.66. The van der Waals surface area contributed by atoms with E-state index in [1.165, 1.54) is 41.1 Å². The van der Waals surface area contributed by atoms with Crippen molar-refractivity contribution in [2.75, 3.05) is 11.6 Å². The molecule has 0 radical (unpaired) electrons. The van der Waals surface area contributed by atoms with E-state index in [2.05, 4.69) is 10.3 Å². The van der Waals surface area contributed by atoms with Gasteiger partial charge < -0.3 is 9.88 Å². The van der Waals surface area contributed by atoms with E-state index in [1.807, 2.05) is 0 Å². The first-order valence-electron chi connectivity index (χ1n) is 8.39. The molecule has 0 unspecified atom stereocenters. The Morgan fingerprint density at radius 3 is 2.43 bits per heavy atom. The number of aryl methyl sites for hydroxylation is 1. The van der Waals surface area contributed by atoms with Crippen molar-refractivity contribution in [3.05, 3.63) is 70.6 Å². The van der Waals surface area contributed by atoms with Gasteiger partial charge in [0.1, 0.15) is 5.82 Å². The molecule has 0 spiro atoms. The first kappa shape index (κ1) is 21.8. The van der Waals surface area contributed by atoms with Gasteiger partial charge in [0.15, 0.2) is 9.84 Å². The number of rotatable bonds is 4. The van der Waals surface area contributed by atoms with Gasteiger partial charge in [-0.1, -0.05) is 11.6 Å². The summed E-state index contributed by atoms with van der Waals surface area (Å²) >= 11 is 5.93. The molecule has 0 aliphatic heterocycles. The SMILES string of the molecule is Cc1cc(C(=O)Nc2cc(Cl)cc(S(C)(=O)=O)c2)cn1-c1ccc(C(F)(F)F)cn1. The number of hydrogen-bond donors (Lipinski definition) is 1. The van der Waals surface area contributed by atoms with Crippen LogP contribution in [-0.4, -0.2) is 30.1 Å². The number of carbonyl (C=O) groups is 1. The summed E-state index contributed by atoms with van der Waals surface area (Å²) in [7, 11) is -3.53. The van der Waals surface area contributed by atoms with Crippen LogP contribution in [0.5, 0.6) is 0 Å². The number of aromatic nitrogens is 2. The van der Waals surface area contributed by atoms with E-state index in [1.54, 1.807) is 6.92 Å². The third kappa shape index (κ3) is 4.82. The van der Waals surface area contributed by atoms with Crippen molar-refractivity contribution < 1.29 is 26.4 Å². The summed E-state index contributed by atoms with van der Waals surface area (Å²) in [6.07, 6.45) is -1.34. The van der Waals surface area contributed by atoms with Crippen molar-refractivity contribution >= 4 is 33.0 Å². The van der Waals surface area contributed by atoms with E-state index >= 15 is 0 Å². The van der Waals surface area contributed by atoms with Crippen molar-refractivity contribution in [3.63, 3.8) is 0 Å². The molecule has 0 saturated carbocycles. The van der Waals surface area contributed by atoms with Gasteiger partial charge in [-0.05, 0) is 43.3 Å². The van der Waals surface area contributed by atoms with Crippen LogP contribution in [0.15, 0.2) is 53.7 Å². The standard InChI is InChI=1S/C19H15ClF3N3O3S/c1-11-5-12(10-26(11)17-4-3-13(9-24-17)19(21,22)23)18(27)25-15-6-14(20)7-16(8-15)30(2,28)29/h3-10H,1-2H3,(H,25,27). The van der Waals surface area contributed by atoms with Crippen LogP contribution in [0.1, 0.15) is 21.6 Å². The van der Waals surface area contributed by atoms with Gasteiger partial charge in [0, 0.05) is 35.1 Å². The van der Waals surface area contributed by atoms with Crippen LogP contribution >= 0.6 is 11.6 Å². The molecule has 0 fully saturated rings. The van der Waals surface area contributed by atoms with Gasteiger partial charge in [0.05, 0.1) is 16.0 Å². The monoisotopic (exact) mass is 457 g/mol. The molecule has 0 bridgehead atoms. The average molecular weight is 458 g/mol. The van der Waals surface area contributed by atoms with Crippen LogP contribution in [0.25, 0.3) is 5.82 Å². The van der Waals surface area contributed by atoms with Crippen molar-refractivity contribution in [1.82, 2.24) is 9.55 Å². The van der Waals surface area contributed by atoms with Gasteiger partial charge >= 0.3 is 6.18 Å². The molecule has 0 atom stereocenters. The summed E-state index contributed by atoms with van der Waals surface area (Å²) in [5.74, 6) is -0.341. The van der Waals surface area contributed by atoms with Gasteiger partial charge in [-0.3, -0.25) is 4.79 Å². The lowest BCUT2D eigenvalue weighted by atomic mass is 10.2. The number of sulfone groups is 1. The Hall–Kier alpha value is -2.85. The second kappa shape index (κ2) is 7.77. The van der Waals surface area contributed by atoms with Crippen LogP contribution in [-0.2, 0) is 16.0 Å². The minimum atomic E-state index is -4.50. The summed E-state index contributed by atoms with van der Waals surface area (Å²) in [5, 5.41) is 2.70. The summed E-state index contributed by atoms with van der Waals surface area (Å²) in [5.41, 5.74) is 0.0769. The zero-order valence-electron chi connectivity index (χ0n) is 15.7. The maximum atomic E-state index is 12.7. The molecule has 0 saturated heterocycles. The lowest BCUT2D eigenvalue weighted by Gasteiger charge is -2.09. The first-order valence-corrected chi connectivity index (χ1v) is 10.7. The number of nitrogens with zero attached hydrogens (tertiary/aromatic N) is 2. The van der Waals surface area contributed by atoms with Gasteiger partial charge in [-0.2, -0.15) is 13.2 Å². The van der Waals surface area contributed by atoms with E-state index in [0.29, 0.717) is 11.9 Å². The van der Waals surface area contributed by atoms with Gasteiger partial charge in [0.25, 0.3) is 5.91 Å². The fourth-order valence-corrected chi connectivity index (χ4v) is 3.67. The highest BCUT2D eigenvalue weighted by Gasteiger charge is 2.30. The molecule has 0 aliphatic carbocycles. The third-order valence-corrected chi connectivity index (χ3v) is 5.46. The van der Waals surface area contributed by atoms with E-state index in [-0.39, 0.29) is 27.0 Å². The summed E-state index contributed by atoms with van der Waals surface area (Å²) < 4.78 is 63.0. The second-order valence-electron chi connectivity index (χ2n) is 6.54. The molecule has 1 amide bonds. The lowest BCUT2D eigenvalue weighted by molar-refractivity contribution is -0.137. The van der Waals surface area contributed by atoms with Crippen molar-refractivity contribution in [1.29, 1.82) is 0 Å². The molecule has 11 heteroatoms. The number of benzene rings is 1. The number of halogens is 4. The van der Waals surface area contributed by atoms with E-state index in [4.69, 9.17) is 11.6 Å². The number of hydrogen-bond acceptors (Lipinski definition) is 4. The molecule has 3 aromatic rings. The van der Waals surface area contributed by atoms with E-state index in [9.17, 15) is 26.4 Å². The average Bonchev–Trinajstić information content (AvgIpc) is 3.02. The van der Waals surface area contributed by atoms with Crippen molar-refractivity contribution in [2.24, 2.45) is 0 Å². The number of alkyl halides is 3. The van der Waals surface area contributed by atoms with Gasteiger partial charge in [0.2, 0.25) is 0 Å². The van der Waals surface area contributed by atoms with Crippen LogP contribution in [0.4, 0.5) is 18.9 Å². The fraction of sp³-hybridized carbons (Fsp3) is 0.158. The normalized spacial score (nSPS) is 12.1. The maximum absolute atomic E-state index is 12.7. The quantitative estimate of drug-likeness (QED) is 0.625. The van der Waals surface area contributed by atoms with Crippen LogP contribution < -0.4 is 5.32 Å². The van der Waals surface area contributed by atoms with Crippen molar-refractivity contribution in [3.8, 4) is 5.82 Å². The number of pyridine rings is 1. The number of anilines is 1. The van der Waals surface area contributed by atoms with E-state index in [0.717, 1.165) is 12.3 Å². The Morgan fingerprint density at radius 1 is 1.17 bits per heavy atom. The number of carbonyl (C=O) groups excluding carboxylic acids is 1. The zero-order chi connectivity index (χ0) is 22.3. The molecule has 1 N–H and O–H groups in total. The smallest absolute Gasteiger partial charge is 0.322 e. The predicted octanol–water partition coefficient (Wildman–Crippen LogP) is 4.51. The highest BCUT2D eigenvalue weighted by Crippen LogP contribution is 2.29. The zero-order valence-corrected chi connectivity index (χ0v) is 17.2. The molecule has 158 valence electrons. The van der Waals surface area contributed by atoms with E-state index < -0.39 is 27.5 Å². The predicted molar refractivity (Wildman–Crippen MR) is 106 cm³/mol. The molecule has 2 aromatic heterocycles. The highest BCUT2D eigenvalue weighted by atomic mass is 35.5. The minimum Gasteiger partial charge on any atom is -0.322 e. The second-order valence-corrected chi connectivity index (χ2v) is 9.00. The third-order valence-electron chi connectivity index (χ3n) is 4.15. The van der Waals surface area contributed by atoms with Gasteiger partial charge in [-0.15, -0.1) is 0 Å². The van der Waals surface area contributed by atoms with Crippen LogP contribution in [0.2, 0.25) is 5.02 Å². The molecule has 0 aliphatic rings. The Labute approximate surface area is 175 Å². The fourth-order valence-electron chi connectivity index (χ4n) is 2.69. The largest absolute Gasteiger partial charge is 0.417 e. The minimum absolute atomic E-state index is 0.0481. The molecule has 2 heterocycles. The Bertz CT molecular complexity index is 1220. The molecular weight excluding hydrogens is 443 g/mol. The summed E-state index contributed by atoms with van der Waals surface area (Å²) in [4.78, 5) is 16.3. The lowest BCUT2D eigenvalue weighted by Crippen LogP contribution is -2.12. The Morgan fingerprint density at radius 2 is 1.87 bits per heavy atom. The first-order chi connectivity index (χ1) is 13.8. The van der Waals surface area contributed by atoms with Crippen LogP contribution in [0.3, 0.4) is 0 Å². The summed E-state index contributed by atoms with van der Waals surface area (Å²) in [6.45, 7) is 1.66.